The molecule has 0 spiro atoms. The van der Waals surface area contributed by atoms with Crippen LogP contribution in [0.3, 0.4) is 0 Å². The van der Waals surface area contributed by atoms with Crippen LogP contribution in [0.1, 0.15) is 49.4 Å². The highest BCUT2D eigenvalue weighted by molar-refractivity contribution is 5.88. The van der Waals surface area contributed by atoms with Crippen LogP contribution in [0.4, 0.5) is 5.82 Å². The zero-order chi connectivity index (χ0) is 14.6. The number of carboxylic acids is 1. The smallest absolute Gasteiger partial charge is 0.335 e. The Morgan fingerprint density at radius 1 is 1.50 bits per heavy atom. The Bertz CT molecular complexity index is 468. The summed E-state index contributed by atoms with van der Waals surface area (Å²) < 4.78 is 0. The molecule has 0 atom stereocenters. The van der Waals surface area contributed by atoms with Crippen molar-refractivity contribution in [3.8, 4) is 0 Å². The lowest BCUT2D eigenvalue weighted by atomic mass is 9.78. The van der Waals surface area contributed by atoms with Crippen LogP contribution in [-0.4, -0.2) is 33.3 Å². The molecule has 0 saturated heterocycles. The van der Waals surface area contributed by atoms with Gasteiger partial charge in [0.1, 0.15) is 5.82 Å². The van der Waals surface area contributed by atoms with Gasteiger partial charge in [-0.1, -0.05) is 13.3 Å². The average molecular weight is 278 g/mol. The van der Waals surface area contributed by atoms with Crippen LogP contribution >= 0.6 is 0 Å². The molecule has 0 aromatic carbocycles. The van der Waals surface area contributed by atoms with E-state index in [0.29, 0.717) is 12.4 Å². The van der Waals surface area contributed by atoms with Gasteiger partial charge in [-0.25, -0.2) is 9.78 Å². The van der Waals surface area contributed by atoms with E-state index in [-0.39, 0.29) is 5.56 Å². The molecule has 0 bridgehead atoms. The largest absolute Gasteiger partial charge is 0.478 e. The highest BCUT2D eigenvalue weighted by Gasteiger charge is 2.32. The molecule has 1 heterocycles. The van der Waals surface area contributed by atoms with Crippen molar-refractivity contribution in [1.82, 2.24) is 4.98 Å². The van der Waals surface area contributed by atoms with Crippen LogP contribution in [0.5, 0.6) is 0 Å². The van der Waals surface area contributed by atoms with Crippen LogP contribution in [0.15, 0.2) is 18.3 Å². The Kier molecular flexibility index (Phi) is 4.60. The number of rotatable bonds is 5. The molecule has 0 aliphatic heterocycles. The van der Waals surface area contributed by atoms with Crippen molar-refractivity contribution in [2.75, 3.05) is 11.9 Å². The Balaban J connectivity index is 1.92. The molecule has 1 aliphatic carbocycles. The van der Waals surface area contributed by atoms with Gasteiger partial charge < -0.3 is 15.5 Å². The van der Waals surface area contributed by atoms with Crippen LogP contribution in [0, 0.1) is 5.92 Å². The molecule has 0 radical (unpaired) electrons. The van der Waals surface area contributed by atoms with Gasteiger partial charge in [0.2, 0.25) is 0 Å². The molecular weight excluding hydrogens is 256 g/mol. The van der Waals surface area contributed by atoms with E-state index in [2.05, 4.69) is 17.2 Å². The number of nitrogens with zero attached hydrogens (tertiary/aromatic N) is 1. The van der Waals surface area contributed by atoms with Gasteiger partial charge >= 0.3 is 5.97 Å². The third-order valence-electron chi connectivity index (χ3n) is 4.22. The van der Waals surface area contributed by atoms with Gasteiger partial charge in [-0.3, -0.25) is 0 Å². The van der Waals surface area contributed by atoms with Crippen LogP contribution in [0.25, 0.3) is 0 Å². The Labute approximate surface area is 119 Å². The fourth-order valence-corrected chi connectivity index (χ4v) is 2.72. The molecule has 1 saturated carbocycles. The summed E-state index contributed by atoms with van der Waals surface area (Å²) >= 11 is 0. The molecule has 5 heteroatoms. The number of aromatic carboxylic acids is 1. The van der Waals surface area contributed by atoms with Gasteiger partial charge in [0.05, 0.1) is 11.2 Å². The quantitative estimate of drug-likeness (QED) is 0.771. The van der Waals surface area contributed by atoms with Gasteiger partial charge in [0, 0.05) is 12.7 Å². The van der Waals surface area contributed by atoms with Crippen LogP contribution < -0.4 is 5.32 Å². The minimum absolute atomic E-state index is 0.198. The molecule has 3 N–H and O–H groups in total. The van der Waals surface area contributed by atoms with E-state index in [9.17, 15) is 9.90 Å². The number of aliphatic hydroxyl groups is 1. The average Bonchev–Trinajstić information content (AvgIpc) is 2.46. The lowest BCUT2D eigenvalue weighted by molar-refractivity contribution is 0.00223. The van der Waals surface area contributed by atoms with Gasteiger partial charge in [0.25, 0.3) is 0 Å². The van der Waals surface area contributed by atoms with E-state index in [0.717, 1.165) is 31.6 Å². The molecule has 1 fully saturated rings. The predicted octanol–water partition coefficient (Wildman–Crippen LogP) is 2.52. The number of pyridine rings is 1. The SMILES string of the molecule is CCC1CCC(O)(CNc2cc(C(=O)O)ccn2)CC1. The third kappa shape index (κ3) is 3.70. The predicted molar refractivity (Wildman–Crippen MR) is 76.9 cm³/mol. The summed E-state index contributed by atoms with van der Waals surface area (Å²) in [5.41, 5.74) is -0.503. The summed E-state index contributed by atoms with van der Waals surface area (Å²) in [4.78, 5) is 15.0. The summed E-state index contributed by atoms with van der Waals surface area (Å²) in [5, 5.41) is 22.5. The van der Waals surface area contributed by atoms with Gasteiger partial charge in [-0.05, 0) is 43.7 Å². The number of anilines is 1. The number of aromatic nitrogens is 1. The monoisotopic (exact) mass is 278 g/mol. The molecule has 20 heavy (non-hydrogen) atoms. The van der Waals surface area contributed by atoms with Gasteiger partial charge in [-0.2, -0.15) is 0 Å². The third-order valence-corrected chi connectivity index (χ3v) is 4.22. The number of hydrogen-bond donors (Lipinski definition) is 3. The van der Waals surface area contributed by atoms with Crippen molar-refractivity contribution in [2.45, 2.75) is 44.6 Å². The Morgan fingerprint density at radius 2 is 2.20 bits per heavy atom. The van der Waals surface area contributed by atoms with E-state index >= 15 is 0 Å². The fraction of sp³-hybridized carbons (Fsp3) is 0.600. The second kappa shape index (κ2) is 6.22. The highest BCUT2D eigenvalue weighted by atomic mass is 16.4. The minimum atomic E-state index is -0.974. The molecule has 0 unspecified atom stereocenters. The molecule has 110 valence electrons. The zero-order valence-corrected chi connectivity index (χ0v) is 11.8. The van der Waals surface area contributed by atoms with E-state index in [1.54, 1.807) is 0 Å². The fourth-order valence-electron chi connectivity index (χ4n) is 2.72. The summed E-state index contributed by atoms with van der Waals surface area (Å²) in [6.45, 7) is 2.61. The second-order valence-electron chi connectivity index (χ2n) is 5.66. The summed E-state index contributed by atoms with van der Waals surface area (Å²) in [6.07, 6.45) is 6.32. The maximum absolute atomic E-state index is 10.9. The van der Waals surface area contributed by atoms with Crippen molar-refractivity contribution >= 4 is 11.8 Å². The number of hydrogen-bond acceptors (Lipinski definition) is 4. The van der Waals surface area contributed by atoms with Crippen LogP contribution in [0.2, 0.25) is 0 Å². The van der Waals surface area contributed by atoms with E-state index in [4.69, 9.17) is 5.11 Å². The van der Waals surface area contributed by atoms with Crippen molar-refractivity contribution in [1.29, 1.82) is 0 Å². The van der Waals surface area contributed by atoms with Crippen molar-refractivity contribution in [3.63, 3.8) is 0 Å². The van der Waals surface area contributed by atoms with Crippen molar-refractivity contribution < 1.29 is 15.0 Å². The summed E-state index contributed by atoms with van der Waals surface area (Å²) in [5.74, 6) is 0.247. The molecule has 0 amide bonds. The minimum Gasteiger partial charge on any atom is -0.478 e. The van der Waals surface area contributed by atoms with Gasteiger partial charge in [0.15, 0.2) is 0 Å². The van der Waals surface area contributed by atoms with E-state index in [1.165, 1.54) is 24.8 Å². The molecule has 5 nitrogen and oxygen atoms in total. The maximum atomic E-state index is 10.9. The maximum Gasteiger partial charge on any atom is 0.335 e. The molecule has 1 aromatic rings. The first-order valence-corrected chi connectivity index (χ1v) is 7.18. The second-order valence-corrected chi connectivity index (χ2v) is 5.66. The Morgan fingerprint density at radius 3 is 2.80 bits per heavy atom. The van der Waals surface area contributed by atoms with E-state index < -0.39 is 11.6 Å². The zero-order valence-electron chi connectivity index (χ0n) is 11.8. The Hall–Kier alpha value is -1.62. The normalized spacial score (nSPS) is 26.2. The summed E-state index contributed by atoms with van der Waals surface area (Å²) in [7, 11) is 0. The topological polar surface area (TPSA) is 82.5 Å². The highest BCUT2D eigenvalue weighted by Crippen LogP contribution is 2.33. The molecule has 1 aliphatic rings. The molecule has 1 aromatic heterocycles. The van der Waals surface area contributed by atoms with Crippen molar-refractivity contribution in [2.24, 2.45) is 5.92 Å². The molecule has 2 rings (SSSR count). The number of carboxylic acid groups (broad SMARTS) is 1. The standard InChI is InChI=1S/C15H22N2O3/c1-2-11-3-6-15(20,7-4-11)10-17-13-9-12(14(18)19)5-8-16-13/h5,8-9,11,20H,2-4,6-7,10H2,1H3,(H,16,17)(H,18,19). The first-order chi connectivity index (χ1) is 9.52. The number of nitrogens with one attached hydrogen (secondary N) is 1. The summed E-state index contributed by atoms with van der Waals surface area (Å²) in [6, 6.07) is 2.94. The lowest BCUT2D eigenvalue weighted by Crippen LogP contribution is -2.40. The van der Waals surface area contributed by atoms with Gasteiger partial charge in [-0.15, -0.1) is 0 Å². The van der Waals surface area contributed by atoms with Crippen molar-refractivity contribution in [3.05, 3.63) is 23.9 Å². The van der Waals surface area contributed by atoms with Crippen LogP contribution in [-0.2, 0) is 0 Å². The number of carbonyl (C=O) groups is 1. The first-order valence-electron chi connectivity index (χ1n) is 7.18. The first kappa shape index (κ1) is 14.8. The molecular formula is C15H22N2O3. The van der Waals surface area contributed by atoms with E-state index in [1.807, 2.05) is 0 Å². The lowest BCUT2D eigenvalue weighted by Gasteiger charge is -2.36.